The van der Waals surface area contributed by atoms with Gasteiger partial charge in [-0.2, -0.15) is 0 Å². The monoisotopic (exact) mass is 424 g/mol. The van der Waals surface area contributed by atoms with Crippen molar-refractivity contribution < 1.29 is 28.6 Å². The van der Waals surface area contributed by atoms with E-state index in [1.807, 2.05) is 24.3 Å². The normalized spacial score (nSPS) is 13.6. The molecule has 1 amide bonds. The fourth-order valence-corrected chi connectivity index (χ4v) is 3.26. The summed E-state index contributed by atoms with van der Waals surface area (Å²) in [4.78, 5) is 39.2. The Kier molecular flexibility index (Phi) is 7.04. The van der Waals surface area contributed by atoms with Crippen LogP contribution in [-0.4, -0.2) is 45.4 Å². The minimum atomic E-state index is -0.728. The molecule has 2 aromatic carbocycles. The summed E-state index contributed by atoms with van der Waals surface area (Å²) in [6, 6.07) is 14.3. The molecule has 0 bridgehead atoms. The Bertz CT molecular complexity index is 1010. The molecule has 0 fully saturated rings. The van der Waals surface area contributed by atoms with Gasteiger partial charge in [0.15, 0.2) is 0 Å². The number of esters is 2. The number of ether oxygens (including phenoxy) is 3. The number of carbonyl (C=O) groups excluding carboxylic acids is 3. The predicted octanol–water partition coefficient (Wildman–Crippen LogP) is 2.90. The van der Waals surface area contributed by atoms with Gasteiger partial charge in [-0.1, -0.05) is 31.2 Å². The smallest absolute Gasteiger partial charge is 0.355 e. The molecular weight excluding hydrogens is 400 g/mol. The van der Waals surface area contributed by atoms with E-state index < -0.39 is 11.9 Å². The average Bonchev–Trinajstić information content (AvgIpc) is 2.83. The van der Waals surface area contributed by atoms with Crippen LogP contribution in [0.3, 0.4) is 0 Å². The van der Waals surface area contributed by atoms with Crippen molar-refractivity contribution in [1.82, 2.24) is 0 Å². The molecular formula is C23H24N2O6. The maximum atomic E-state index is 13.0. The quantitative estimate of drug-likeness (QED) is 0.713. The summed E-state index contributed by atoms with van der Waals surface area (Å²) in [5.74, 6) is -1.80. The van der Waals surface area contributed by atoms with Crippen LogP contribution in [0.25, 0.3) is 0 Å². The van der Waals surface area contributed by atoms with Gasteiger partial charge >= 0.3 is 11.9 Å². The van der Waals surface area contributed by atoms with E-state index in [-0.39, 0.29) is 30.5 Å². The van der Waals surface area contributed by atoms with Gasteiger partial charge in [-0.05, 0) is 36.2 Å². The maximum Gasteiger partial charge on any atom is 0.355 e. The lowest BCUT2D eigenvalue weighted by Gasteiger charge is -2.32. The number of rotatable bonds is 6. The Labute approximate surface area is 180 Å². The lowest BCUT2D eigenvalue weighted by molar-refractivity contribution is -0.140. The molecule has 1 N–H and O–H groups in total. The average molecular weight is 424 g/mol. The number of methoxy groups -OCH3 is 2. The second-order valence-electron chi connectivity index (χ2n) is 6.74. The highest BCUT2D eigenvalue weighted by Gasteiger charge is 2.34. The van der Waals surface area contributed by atoms with E-state index in [4.69, 9.17) is 14.2 Å². The number of hydrogen-bond donors (Lipinski definition) is 1. The van der Waals surface area contributed by atoms with E-state index in [1.165, 1.54) is 19.1 Å². The van der Waals surface area contributed by atoms with Crippen LogP contribution in [0.1, 0.15) is 22.8 Å². The van der Waals surface area contributed by atoms with Crippen LogP contribution in [-0.2, 0) is 30.2 Å². The minimum Gasteiger partial charge on any atom is -0.466 e. The summed E-state index contributed by atoms with van der Waals surface area (Å²) < 4.78 is 15.2. The van der Waals surface area contributed by atoms with Gasteiger partial charge in [0.1, 0.15) is 12.4 Å². The van der Waals surface area contributed by atoms with Gasteiger partial charge in [0.05, 0.1) is 37.7 Å². The Morgan fingerprint density at radius 3 is 2.32 bits per heavy atom. The van der Waals surface area contributed by atoms with E-state index >= 15 is 0 Å². The molecule has 1 aliphatic heterocycles. The molecule has 2 aromatic rings. The van der Waals surface area contributed by atoms with Gasteiger partial charge in [0, 0.05) is 5.69 Å². The number of amides is 1. The molecule has 0 unspecified atom stereocenters. The van der Waals surface area contributed by atoms with Gasteiger partial charge in [0.2, 0.25) is 0 Å². The van der Waals surface area contributed by atoms with Crippen molar-refractivity contribution in [3.05, 3.63) is 70.9 Å². The van der Waals surface area contributed by atoms with E-state index in [1.54, 1.807) is 24.3 Å². The first-order chi connectivity index (χ1) is 15.0. The topological polar surface area (TPSA) is 94.2 Å². The summed E-state index contributed by atoms with van der Waals surface area (Å²) in [5.41, 5.74) is 2.50. The first-order valence-corrected chi connectivity index (χ1v) is 9.74. The second-order valence-corrected chi connectivity index (χ2v) is 6.74. The summed E-state index contributed by atoms with van der Waals surface area (Å²) in [5, 5.41) is 2.86. The third-order valence-electron chi connectivity index (χ3n) is 4.89. The van der Waals surface area contributed by atoms with Crippen LogP contribution >= 0.6 is 0 Å². The van der Waals surface area contributed by atoms with Crippen molar-refractivity contribution in [2.45, 2.75) is 13.3 Å². The summed E-state index contributed by atoms with van der Waals surface area (Å²) in [6.45, 7) is 1.91. The number of nitrogens with one attached hydrogen (secondary N) is 1. The van der Waals surface area contributed by atoms with Crippen molar-refractivity contribution in [2.75, 3.05) is 37.8 Å². The molecule has 0 spiro atoms. The van der Waals surface area contributed by atoms with E-state index in [0.29, 0.717) is 16.9 Å². The van der Waals surface area contributed by atoms with Crippen molar-refractivity contribution in [3.8, 4) is 0 Å². The first kappa shape index (κ1) is 22.0. The zero-order valence-corrected chi connectivity index (χ0v) is 17.6. The van der Waals surface area contributed by atoms with Gasteiger partial charge in [0.25, 0.3) is 5.91 Å². The van der Waals surface area contributed by atoms with Crippen molar-refractivity contribution in [3.63, 3.8) is 0 Å². The van der Waals surface area contributed by atoms with Gasteiger partial charge < -0.3 is 24.4 Å². The molecule has 0 aromatic heterocycles. The fourth-order valence-electron chi connectivity index (χ4n) is 3.26. The number of anilines is 2. The molecule has 0 atom stereocenters. The van der Waals surface area contributed by atoms with Crippen molar-refractivity contribution in [2.24, 2.45) is 0 Å². The van der Waals surface area contributed by atoms with Crippen LogP contribution in [0, 0.1) is 0 Å². The highest BCUT2D eigenvalue weighted by Crippen LogP contribution is 2.30. The summed E-state index contributed by atoms with van der Waals surface area (Å²) in [7, 11) is 2.44. The SMILES string of the molecule is CCc1ccc(NC(=O)c2ccccc2N2COCC(C(=O)OC)=C2C(=O)OC)cc1. The number of carbonyl (C=O) groups is 3. The van der Waals surface area contributed by atoms with Crippen LogP contribution in [0.5, 0.6) is 0 Å². The van der Waals surface area contributed by atoms with Crippen molar-refractivity contribution in [1.29, 1.82) is 0 Å². The molecule has 0 radical (unpaired) electrons. The minimum absolute atomic E-state index is 0.0194. The third-order valence-corrected chi connectivity index (χ3v) is 4.89. The Morgan fingerprint density at radius 2 is 1.68 bits per heavy atom. The number of aryl methyl sites for hydroxylation is 1. The zero-order valence-electron chi connectivity index (χ0n) is 17.6. The van der Waals surface area contributed by atoms with E-state index in [2.05, 4.69) is 12.2 Å². The maximum absolute atomic E-state index is 13.0. The number of para-hydroxylation sites is 1. The van der Waals surface area contributed by atoms with Gasteiger partial charge in [-0.3, -0.25) is 4.79 Å². The molecule has 3 rings (SSSR count). The van der Waals surface area contributed by atoms with Gasteiger partial charge in [-0.25, -0.2) is 9.59 Å². The lowest BCUT2D eigenvalue weighted by atomic mass is 10.1. The molecule has 1 aliphatic rings. The highest BCUT2D eigenvalue weighted by atomic mass is 16.5. The molecule has 0 saturated heterocycles. The van der Waals surface area contributed by atoms with E-state index in [0.717, 1.165) is 12.0 Å². The molecule has 1 heterocycles. The third kappa shape index (κ3) is 4.75. The Morgan fingerprint density at radius 1 is 1.00 bits per heavy atom. The predicted molar refractivity (Wildman–Crippen MR) is 115 cm³/mol. The number of hydrogen-bond acceptors (Lipinski definition) is 7. The summed E-state index contributed by atoms with van der Waals surface area (Å²) in [6.07, 6.45) is 0.900. The van der Waals surface area contributed by atoms with Crippen LogP contribution in [0.2, 0.25) is 0 Å². The lowest BCUT2D eigenvalue weighted by Crippen LogP contribution is -2.39. The Hall–Kier alpha value is -3.65. The van der Waals surface area contributed by atoms with Crippen molar-refractivity contribution >= 4 is 29.2 Å². The highest BCUT2D eigenvalue weighted by molar-refractivity contribution is 6.10. The molecule has 8 nitrogen and oxygen atoms in total. The van der Waals surface area contributed by atoms with Gasteiger partial charge in [-0.15, -0.1) is 0 Å². The summed E-state index contributed by atoms with van der Waals surface area (Å²) >= 11 is 0. The zero-order chi connectivity index (χ0) is 22.4. The van der Waals surface area contributed by atoms with Crippen LogP contribution in [0.4, 0.5) is 11.4 Å². The fraction of sp³-hybridized carbons (Fsp3) is 0.261. The van der Waals surface area contributed by atoms with E-state index in [9.17, 15) is 14.4 Å². The first-order valence-electron chi connectivity index (χ1n) is 9.74. The molecule has 162 valence electrons. The molecule has 0 saturated carbocycles. The largest absolute Gasteiger partial charge is 0.466 e. The molecule has 31 heavy (non-hydrogen) atoms. The van der Waals surface area contributed by atoms with Crippen LogP contribution in [0.15, 0.2) is 59.8 Å². The second kappa shape index (κ2) is 9.90. The Balaban J connectivity index is 1.99. The molecule has 0 aliphatic carbocycles. The number of nitrogens with zero attached hydrogens (tertiary/aromatic N) is 1. The molecule has 8 heteroatoms. The van der Waals surface area contributed by atoms with Crippen LogP contribution < -0.4 is 10.2 Å². The standard InChI is InChI=1S/C23H24N2O6/c1-4-15-9-11-16(12-10-15)24-21(26)17-7-5-6-8-19(17)25-14-31-13-18(22(27)29-2)20(25)23(28)30-3/h5-12H,4,13-14H2,1-3H3,(H,24,26). The number of benzene rings is 2.